The van der Waals surface area contributed by atoms with Crippen LogP contribution in [-0.2, 0) is 11.3 Å². The average Bonchev–Trinajstić information content (AvgIpc) is 3.65. The van der Waals surface area contributed by atoms with Crippen LogP contribution in [0, 0.1) is 11.9 Å². The van der Waals surface area contributed by atoms with Crippen molar-refractivity contribution in [1.29, 1.82) is 0 Å². The van der Waals surface area contributed by atoms with Gasteiger partial charge in [-0.3, -0.25) is 4.90 Å². The van der Waals surface area contributed by atoms with E-state index >= 15 is 0 Å². The Morgan fingerprint density at radius 3 is 2.89 bits per heavy atom. The van der Waals surface area contributed by atoms with Crippen molar-refractivity contribution in [3.8, 4) is 6.01 Å². The molecule has 6 heterocycles. The molecule has 5 atom stereocenters. The quantitative estimate of drug-likeness (QED) is 0.263. The number of alkyl halides is 3. The van der Waals surface area contributed by atoms with Crippen LogP contribution in [-0.4, -0.2) is 90.2 Å². The summed E-state index contributed by atoms with van der Waals surface area (Å²) in [5, 5.41) is 11.1. The summed E-state index contributed by atoms with van der Waals surface area (Å²) in [4.78, 5) is 15.4. The van der Waals surface area contributed by atoms with E-state index in [1.165, 1.54) is 6.07 Å². The van der Waals surface area contributed by atoms with Crippen molar-refractivity contribution < 1.29 is 32.1 Å². The first kappa shape index (κ1) is 31.1. The van der Waals surface area contributed by atoms with E-state index in [1.54, 1.807) is 18.0 Å². The monoisotopic (exact) mass is 878 g/mol. The maximum absolute atomic E-state index is 14.7. The first-order chi connectivity index (χ1) is 21.1. The van der Waals surface area contributed by atoms with Gasteiger partial charge in [0.1, 0.15) is 24.7 Å². The van der Waals surface area contributed by atoms with Crippen molar-refractivity contribution in [2.75, 3.05) is 55.4 Å². The topological polar surface area (TPSA) is 100 Å². The van der Waals surface area contributed by atoms with Gasteiger partial charge in [0, 0.05) is 56.1 Å². The minimum atomic E-state index is -2.57. The number of hydrogen-bond donors (Lipinski definition) is 2. The minimum Gasteiger partial charge on any atom is -0.461 e. The molecule has 2 fully saturated rings. The summed E-state index contributed by atoms with van der Waals surface area (Å²) in [6.45, 7) is 1.65. The molecule has 9 nitrogen and oxygen atoms in total. The van der Waals surface area contributed by atoms with E-state index in [1.807, 2.05) is 4.90 Å². The van der Waals surface area contributed by atoms with Crippen molar-refractivity contribution in [2.45, 2.75) is 75.0 Å². The molecule has 2 aromatic heterocycles. The first-order valence-electron chi connectivity index (χ1n) is 15.0. The summed E-state index contributed by atoms with van der Waals surface area (Å²) >= 11 is 1.12. The minimum absolute atomic E-state index is 0. The molecule has 1 aromatic carbocycles. The fraction of sp³-hybridized carbons (Fsp3) is 0.600. The van der Waals surface area contributed by atoms with E-state index in [-0.39, 0.29) is 32.2 Å². The van der Waals surface area contributed by atoms with Gasteiger partial charge in [-0.05, 0) is 36.6 Å². The number of thiophene rings is 1. The van der Waals surface area contributed by atoms with E-state index < -0.39 is 48.6 Å². The third kappa shape index (κ3) is 5.46. The fourth-order valence-electron chi connectivity index (χ4n) is 7.53. The van der Waals surface area contributed by atoms with Crippen LogP contribution in [0.2, 0.25) is 0 Å². The van der Waals surface area contributed by atoms with Gasteiger partial charge in [0.25, 0.3) is 0 Å². The number of ether oxygens (including phenoxy) is 2. The van der Waals surface area contributed by atoms with Crippen molar-refractivity contribution in [2.24, 2.45) is 0 Å². The predicted molar refractivity (Wildman–Crippen MR) is 159 cm³/mol. The van der Waals surface area contributed by atoms with Crippen molar-refractivity contribution in [3.05, 3.63) is 35.3 Å². The molecule has 0 spiro atoms. The van der Waals surface area contributed by atoms with Crippen LogP contribution in [0.4, 0.5) is 34.1 Å². The number of anilines is 3. The van der Waals surface area contributed by atoms with Gasteiger partial charge in [0.2, 0.25) is 6.43 Å². The van der Waals surface area contributed by atoms with E-state index in [9.17, 15) is 22.7 Å². The van der Waals surface area contributed by atoms with Crippen LogP contribution in [0.15, 0.2) is 12.1 Å². The Balaban J connectivity index is 0.00000357. The van der Waals surface area contributed by atoms with E-state index in [4.69, 9.17) is 25.2 Å². The van der Waals surface area contributed by atoms with E-state index in [0.717, 1.165) is 30.7 Å². The zero-order valence-electron chi connectivity index (χ0n) is 24.7. The fourth-order valence-corrected chi connectivity index (χ4v) is 8.33. The molecule has 0 bridgehead atoms. The molecule has 4 aliphatic heterocycles. The van der Waals surface area contributed by atoms with Crippen LogP contribution < -0.4 is 20.3 Å². The zero-order valence-corrected chi connectivity index (χ0v) is 28.4. The molecule has 3 unspecified atom stereocenters. The molecule has 246 valence electrons. The molecular formula is C30H35CmF4N6O3S-. The van der Waals surface area contributed by atoms with E-state index in [2.05, 4.69) is 11.0 Å². The average molecular weight is 883 g/mol. The Kier molecular flexibility index (Phi) is 8.12. The second kappa shape index (κ2) is 11.8. The standard InChI is InChI=1S/C30H35F4N6O3S.Cm/c1-38-17(8-24(33)34)7-18(14-41)43-23-13-39(22-4-3-20(32)27-19(22)9-25(35)44-27)12-21-26(23)28(38)37-29(36-21)42-15-30-5-2-6-40(30)11-16(31)10-30;/h3-4,16-18,23-24,41H,2,5-8,10-15,35H2,1H3;/q-1;/t16-,17?,18?,23?,30+;/m1./s1. The molecule has 15 heteroatoms. The van der Waals surface area contributed by atoms with Gasteiger partial charge in [-0.1, -0.05) is 11.8 Å². The van der Waals surface area contributed by atoms with Crippen LogP contribution in [0.3, 0.4) is 0 Å². The number of aromatic nitrogens is 2. The molecular weight excluding hydrogens is 847 g/mol. The molecule has 0 radical (unpaired) electrons. The number of nitrogen functional groups attached to an aromatic ring is 1. The molecule has 0 saturated carbocycles. The number of nitrogens with two attached hydrogens (primary N) is 1. The number of benzene rings is 1. The van der Waals surface area contributed by atoms with Crippen molar-refractivity contribution >= 4 is 37.9 Å². The molecule has 2 saturated heterocycles. The number of fused-ring (bicyclic) bond motifs is 2. The van der Waals surface area contributed by atoms with Gasteiger partial charge in [0.15, 0.2) is 0 Å². The molecule has 45 heavy (non-hydrogen) atoms. The van der Waals surface area contributed by atoms with Crippen LogP contribution in [0.1, 0.15) is 49.5 Å². The largest absolute Gasteiger partial charge is 0.461 e. The van der Waals surface area contributed by atoms with Gasteiger partial charge in [-0.15, -0.1) is 11.5 Å². The molecule has 0 aliphatic carbocycles. The zero-order chi connectivity index (χ0) is 30.7. The Bertz CT molecular complexity index is 1550. The summed E-state index contributed by atoms with van der Waals surface area (Å²) in [5.41, 5.74) is 7.49. The second-order valence-electron chi connectivity index (χ2n) is 12.4. The molecule has 0 amide bonds. The number of aliphatic hydroxyl groups is 1. The van der Waals surface area contributed by atoms with Crippen molar-refractivity contribution in [1.82, 2.24) is 14.9 Å². The number of nitrogens with zero attached hydrogens (tertiary/aromatic N) is 5. The Morgan fingerprint density at radius 1 is 1.29 bits per heavy atom. The second-order valence-corrected chi connectivity index (χ2v) is 13.4. The number of halogens is 4. The maximum atomic E-state index is 14.7. The van der Waals surface area contributed by atoms with Gasteiger partial charge in [-0.2, -0.15) is 21.3 Å². The van der Waals surface area contributed by atoms with Gasteiger partial charge < -0.3 is 30.1 Å². The number of hydrogen-bond acceptors (Lipinski definition) is 10. The van der Waals surface area contributed by atoms with Gasteiger partial charge in [-0.25, -0.2) is 17.6 Å². The van der Waals surface area contributed by atoms with Gasteiger partial charge in [0.05, 0.1) is 29.8 Å². The molecule has 4 aliphatic rings. The van der Waals surface area contributed by atoms with Crippen LogP contribution in [0.5, 0.6) is 6.01 Å². The third-order valence-electron chi connectivity index (χ3n) is 9.58. The molecule has 7 rings (SSSR count). The molecule has 3 N–H and O–H groups in total. The molecule has 3 aromatic rings. The normalized spacial score (nSPS) is 28.2. The van der Waals surface area contributed by atoms with Crippen LogP contribution >= 0.6 is 11.3 Å². The van der Waals surface area contributed by atoms with Crippen molar-refractivity contribution in [3.63, 3.8) is 0 Å². The number of aliphatic hydroxyl groups excluding tert-OH is 1. The number of rotatable bonds is 7. The maximum Gasteiger partial charge on any atom is 0.318 e. The van der Waals surface area contributed by atoms with Gasteiger partial charge >= 0.3 is 6.01 Å². The summed E-state index contributed by atoms with van der Waals surface area (Å²) < 4.78 is 69.6. The Labute approximate surface area is 256 Å². The first-order valence-corrected chi connectivity index (χ1v) is 15.8. The smallest absolute Gasteiger partial charge is 0.318 e. The van der Waals surface area contributed by atoms with Crippen LogP contribution in [0.25, 0.3) is 10.1 Å². The summed E-state index contributed by atoms with van der Waals surface area (Å²) in [6, 6.07) is 5.55. The summed E-state index contributed by atoms with van der Waals surface area (Å²) in [6.07, 6.45) is -2.93. The summed E-state index contributed by atoms with van der Waals surface area (Å²) in [5.74, 6) is 0.0410. The third-order valence-corrected chi connectivity index (χ3v) is 10.5. The predicted octanol–water partition coefficient (Wildman–Crippen LogP) is 4.47. The SMILES string of the molecule is CN1c2nc(OC[C@@]34CCCN3C[C@H](F)C4)nc3c2C(CN(c2ccc(F)c4sc(N)[c-]c24)C3)OC(CO)CC1CC(F)F.[Cm]. The van der Waals surface area contributed by atoms with E-state index in [0.29, 0.717) is 57.4 Å². The Morgan fingerprint density at radius 2 is 2.11 bits per heavy atom. The Hall–Kier alpha value is -3.94. The summed E-state index contributed by atoms with van der Waals surface area (Å²) in [7, 11) is 1.72.